The number of allylic oxidation sites excluding steroid dienone is 2. The molecule has 1 aromatic heterocycles. The number of thiophene rings is 1. The van der Waals surface area contributed by atoms with Gasteiger partial charge in [-0.25, -0.2) is 4.79 Å². The van der Waals surface area contributed by atoms with Crippen molar-refractivity contribution in [3.63, 3.8) is 0 Å². The molecule has 0 aliphatic heterocycles. The Labute approximate surface area is 157 Å². The lowest BCUT2D eigenvalue weighted by molar-refractivity contribution is -0.146. The van der Waals surface area contributed by atoms with Crippen LogP contribution in [0.1, 0.15) is 54.4 Å². The predicted octanol–water partition coefficient (Wildman–Crippen LogP) is 3.79. The number of carboxylic acids is 1. The highest BCUT2D eigenvalue weighted by molar-refractivity contribution is 7.16. The molecular formula is C19H25NO5S. The number of rotatable bonds is 5. The molecule has 0 aromatic carbocycles. The van der Waals surface area contributed by atoms with Crippen molar-refractivity contribution in [3.8, 4) is 0 Å². The number of nitrogens with one attached hydrogen (secondary N) is 1. The van der Waals surface area contributed by atoms with E-state index in [1.807, 2.05) is 27.7 Å². The van der Waals surface area contributed by atoms with E-state index in [0.717, 1.165) is 21.6 Å². The van der Waals surface area contributed by atoms with E-state index in [9.17, 15) is 19.5 Å². The molecule has 0 spiro atoms. The van der Waals surface area contributed by atoms with Crippen molar-refractivity contribution in [2.75, 3.05) is 12.4 Å². The van der Waals surface area contributed by atoms with Crippen LogP contribution in [0.2, 0.25) is 0 Å². The van der Waals surface area contributed by atoms with Crippen LogP contribution < -0.4 is 5.32 Å². The highest BCUT2D eigenvalue weighted by Gasteiger charge is 2.38. The molecular weight excluding hydrogens is 354 g/mol. The minimum atomic E-state index is -0.971. The van der Waals surface area contributed by atoms with E-state index in [0.29, 0.717) is 29.8 Å². The fourth-order valence-electron chi connectivity index (χ4n) is 3.44. The predicted molar refractivity (Wildman–Crippen MR) is 101 cm³/mol. The molecule has 2 atom stereocenters. The van der Waals surface area contributed by atoms with Crippen LogP contribution >= 0.6 is 11.3 Å². The number of anilines is 1. The number of aryl methyl sites for hydroxylation is 1. The van der Waals surface area contributed by atoms with Crippen molar-refractivity contribution < 1.29 is 24.2 Å². The van der Waals surface area contributed by atoms with Gasteiger partial charge in [0.2, 0.25) is 5.91 Å². The number of carboxylic acid groups (broad SMARTS) is 1. The fourth-order valence-corrected chi connectivity index (χ4v) is 4.58. The zero-order chi connectivity index (χ0) is 19.6. The summed E-state index contributed by atoms with van der Waals surface area (Å²) in [5.41, 5.74) is 3.30. The highest BCUT2D eigenvalue weighted by atomic mass is 32.1. The van der Waals surface area contributed by atoms with Gasteiger partial charge >= 0.3 is 11.9 Å². The number of amides is 1. The Bertz CT molecular complexity index is 777. The van der Waals surface area contributed by atoms with E-state index in [4.69, 9.17) is 4.74 Å². The Hall–Kier alpha value is -2.15. The maximum Gasteiger partial charge on any atom is 0.341 e. The molecule has 0 radical (unpaired) electrons. The summed E-state index contributed by atoms with van der Waals surface area (Å²) in [6.45, 7) is 7.66. The Balaban J connectivity index is 2.35. The molecule has 0 saturated carbocycles. The Morgan fingerprint density at radius 1 is 1.15 bits per heavy atom. The van der Waals surface area contributed by atoms with Gasteiger partial charge in [-0.1, -0.05) is 18.1 Å². The van der Waals surface area contributed by atoms with Gasteiger partial charge in [0, 0.05) is 4.88 Å². The fraction of sp³-hybridized carbons (Fsp3) is 0.526. The second-order valence-electron chi connectivity index (χ2n) is 6.70. The van der Waals surface area contributed by atoms with E-state index in [1.165, 1.54) is 18.4 Å². The lowest BCUT2D eigenvalue weighted by Crippen LogP contribution is -2.36. The Kier molecular flexibility index (Phi) is 6.23. The molecule has 26 heavy (non-hydrogen) atoms. The number of ether oxygens (including phenoxy) is 1. The maximum atomic E-state index is 12.9. The summed E-state index contributed by atoms with van der Waals surface area (Å²) in [4.78, 5) is 37.6. The lowest BCUT2D eigenvalue weighted by Gasteiger charge is -2.29. The van der Waals surface area contributed by atoms with E-state index < -0.39 is 23.8 Å². The monoisotopic (exact) mass is 379 g/mol. The molecule has 1 heterocycles. The molecule has 1 aliphatic rings. The van der Waals surface area contributed by atoms with E-state index in [1.54, 1.807) is 0 Å². The van der Waals surface area contributed by atoms with Crippen LogP contribution in [0.25, 0.3) is 0 Å². The van der Waals surface area contributed by atoms with Gasteiger partial charge in [0.25, 0.3) is 0 Å². The molecule has 0 bridgehead atoms. The van der Waals surface area contributed by atoms with Gasteiger partial charge in [-0.05, 0) is 45.6 Å². The Morgan fingerprint density at radius 2 is 1.73 bits per heavy atom. The molecule has 1 amide bonds. The molecule has 7 heteroatoms. The van der Waals surface area contributed by atoms with Crippen LogP contribution in [0.5, 0.6) is 0 Å². The molecule has 142 valence electrons. The third-order valence-electron chi connectivity index (χ3n) is 5.11. The summed E-state index contributed by atoms with van der Waals surface area (Å²) in [6, 6.07) is 0. The maximum absolute atomic E-state index is 12.9. The Morgan fingerprint density at radius 3 is 2.23 bits per heavy atom. The molecule has 1 aromatic rings. The van der Waals surface area contributed by atoms with E-state index in [2.05, 4.69) is 5.32 Å². The van der Waals surface area contributed by atoms with Crippen molar-refractivity contribution in [2.45, 2.75) is 47.0 Å². The number of hydrogen-bond donors (Lipinski definition) is 2. The summed E-state index contributed by atoms with van der Waals surface area (Å²) >= 11 is 1.32. The third kappa shape index (κ3) is 3.82. The topological polar surface area (TPSA) is 92.7 Å². The molecule has 2 rings (SSSR count). The molecule has 1 aliphatic carbocycles. The number of methoxy groups -OCH3 is 1. The summed E-state index contributed by atoms with van der Waals surface area (Å²) < 4.78 is 4.87. The first-order valence-corrected chi connectivity index (χ1v) is 9.42. The lowest BCUT2D eigenvalue weighted by atomic mass is 9.76. The normalized spacial score (nSPS) is 20.0. The van der Waals surface area contributed by atoms with Gasteiger partial charge in [0.15, 0.2) is 0 Å². The van der Waals surface area contributed by atoms with Crippen molar-refractivity contribution in [1.29, 1.82) is 0 Å². The van der Waals surface area contributed by atoms with Crippen LogP contribution in [-0.4, -0.2) is 30.1 Å². The van der Waals surface area contributed by atoms with Crippen molar-refractivity contribution >= 4 is 34.2 Å². The quantitative estimate of drug-likeness (QED) is 0.600. The minimum Gasteiger partial charge on any atom is -0.481 e. The third-order valence-corrected chi connectivity index (χ3v) is 6.17. The number of esters is 1. The van der Waals surface area contributed by atoms with Gasteiger partial charge in [0.05, 0.1) is 24.5 Å². The molecule has 0 unspecified atom stereocenters. The molecule has 0 fully saturated rings. The summed E-state index contributed by atoms with van der Waals surface area (Å²) in [7, 11) is 1.30. The number of aliphatic carboxylic acids is 1. The first-order valence-electron chi connectivity index (χ1n) is 8.60. The number of carbonyl (C=O) groups excluding carboxylic acids is 2. The van der Waals surface area contributed by atoms with Crippen LogP contribution in [0.4, 0.5) is 5.00 Å². The minimum absolute atomic E-state index is 0.363. The highest BCUT2D eigenvalue weighted by Crippen LogP contribution is 2.38. The zero-order valence-corrected chi connectivity index (χ0v) is 16.6. The molecule has 2 N–H and O–H groups in total. The van der Waals surface area contributed by atoms with Crippen LogP contribution in [0, 0.1) is 18.8 Å². The van der Waals surface area contributed by atoms with Gasteiger partial charge in [-0.15, -0.1) is 11.3 Å². The SMILES string of the molecule is CCc1c(C)sc(NC(=O)[C@H]2CC(C)=C(C)C[C@H]2C(=O)O)c1C(=O)OC. The largest absolute Gasteiger partial charge is 0.481 e. The summed E-state index contributed by atoms with van der Waals surface area (Å²) in [5, 5.41) is 12.8. The van der Waals surface area contributed by atoms with Gasteiger partial charge < -0.3 is 15.2 Å². The summed E-state index contributed by atoms with van der Waals surface area (Å²) in [6.07, 6.45) is 1.42. The standard InChI is InChI=1S/C19H25NO5S/c1-6-12-11(4)26-17(15(12)19(24)25-5)20-16(21)13-7-9(2)10(3)8-14(13)18(22)23/h13-14H,6-8H2,1-5H3,(H,20,21)(H,22,23)/t13-,14+/m0/s1. The number of hydrogen-bond acceptors (Lipinski definition) is 5. The van der Waals surface area contributed by atoms with Gasteiger partial charge in [-0.2, -0.15) is 0 Å². The molecule has 6 nitrogen and oxygen atoms in total. The van der Waals surface area contributed by atoms with Gasteiger partial charge in [0.1, 0.15) is 5.00 Å². The average Bonchev–Trinajstić information content (AvgIpc) is 2.90. The average molecular weight is 379 g/mol. The zero-order valence-electron chi connectivity index (χ0n) is 15.8. The number of carbonyl (C=O) groups is 3. The van der Waals surface area contributed by atoms with Crippen LogP contribution in [0.3, 0.4) is 0 Å². The van der Waals surface area contributed by atoms with Gasteiger partial charge in [-0.3, -0.25) is 9.59 Å². The summed E-state index contributed by atoms with van der Waals surface area (Å²) in [5.74, 6) is -3.24. The smallest absolute Gasteiger partial charge is 0.341 e. The van der Waals surface area contributed by atoms with E-state index in [-0.39, 0.29) is 5.91 Å². The first kappa shape index (κ1) is 20.2. The van der Waals surface area contributed by atoms with E-state index >= 15 is 0 Å². The van der Waals surface area contributed by atoms with Crippen molar-refractivity contribution in [1.82, 2.24) is 0 Å². The van der Waals surface area contributed by atoms with Crippen LogP contribution in [-0.2, 0) is 20.7 Å². The second-order valence-corrected chi connectivity index (χ2v) is 7.92. The first-order chi connectivity index (χ1) is 12.2. The van der Waals surface area contributed by atoms with Crippen molar-refractivity contribution in [2.24, 2.45) is 11.8 Å². The van der Waals surface area contributed by atoms with Crippen molar-refractivity contribution in [3.05, 3.63) is 27.2 Å². The molecule has 0 saturated heterocycles. The van der Waals surface area contributed by atoms with Crippen LogP contribution in [0.15, 0.2) is 11.1 Å². The second kappa shape index (κ2) is 8.03.